The van der Waals surface area contributed by atoms with Gasteiger partial charge in [-0.25, -0.2) is 5.43 Å². The molecule has 0 amide bonds. The highest BCUT2D eigenvalue weighted by molar-refractivity contribution is 9.10. The second kappa shape index (κ2) is 4.76. The van der Waals surface area contributed by atoms with Crippen molar-refractivity contribution >= 4 is 38.6 Å². The topological polar surface area (TPSA) is 38.0 Å². The number of thiophene rings is 2. The van der Waals surface area contributed by atoms with Crippen molar-refractivity contribution < 1.29 is 0 Å². The Hall–Kier alpha value is -0.200. The minimum absolute atomic E-state index is 0.112. The van der Waals surface area contributed by atoms with Gasteiger partial charge in [0, 0.05) is 19.6 Å². The first-order valence-electron chi connectivity index (χ1n) is 4.46. The number of hydrazine groups is 1. The average molecular weight is 303 g/mol. The normalized spacial score (nSPS) is 13.0. The van der Waals surface area contributed by atoms with E-state index in [1.54, 1.807) is 22.7 Å². The summed E-state index contributed by atoms with van der Waals surface area (Å²) in [4.78, 5) is 2.52. The molecule has 3 N–H and O–H groups in total. The van der Waals surface area contributed by atoms with E-state index in [1.807, 2.05) is 0 Å². The number of halogens is 1. The predicted molar refractivity (Wildman–Crippen MR) is 70.2 cm³/mol. The van der Waals surface area contributed by atoms with Crippen molar-refractivity contribution in [1.29, 1.82) is 0 Å². The van der Waals surface area contributed by atoms with E-state index in [1.165, 1.54) is 15.3 Å². The van der Waals surface area contributed by atoms with Crippen molar-refractivity contribution in [2.45, 2.75) is 13.0 Å². The van der Waals surface area contributed by atoms with Gasteiger partial charge >= 0.3 is 0 Å². The van der Waals surface area contributed by atoms with Gasteiger partial charge in [0.05, 0.1) is 6.04 Å². The maximum absolute atomic E-state index is 5.62. The Labute approximate surface area is 105 Å². The molecule has 80 valence electrons. The molecule has 0 aliphatic rings. The number of aryl methyl sites for hydroxylation is 1. The highest BCUT2D eigenvalue weighted by atomic mass is 79.9. The van der Waals surface area contributed by atoms with Gasteiger partial charge in [-0.2, -0.15) is 0 Å². The summed E-state index contributed by atoms with van der Waals surface area (Å²) in [6, 6.07) is 4.34. The van der Waals surface area contributed by atoms with Gasteiger partial charge in [-0.3, -0.25) is 5.84 Å². The lowest BCUT2D eigenvalue weighted by atomic mass is 10.1. The Bertz CT molecular complexity index is 450. The minimum atomic E-state index is 0.112. The summed E-state index contributed by atoms with van der Waals surface area (Å²) in [7, 11) is 0. The van der Waals surface area contributed by atoms with Crippen LogP contribution in [0, 0.1) is 6.92 Å². The maximum atomic E-state index is 5.62. The van der Waals surface area contributed by atoms with Crippen molar-refractivity contribution in [2.24, 2.45) is 5.84 Å². The SMILES string of the molecule is Cc1ccsc1C(NN)c1cc(Br)cs1. The molecule has 2 nitrogen and oxygen atoms in total. The number of hydrogen-bond acceptors (Lipinski definition) is 4. The van der Waals surface area contributed by atoms with E-state index in [9.17, 15) is 0 Å². The molecule has 0 radical (unpaired) electrons. The van der Waals surface area contributed by atoms with Gasteiger partial charge in [-0.15, -0.1) is 22.7 Å². The molecule has 2 aromatic rings. The molecule has 15 heavy (non-hydrogen) atoms. The van der Waals surface area contributed by atoms with Crippen molar-refractivity contribution in [1.82, 2.24) is 5.43 Å². The van der Waals surface area contributed by atoms with Gasteiger partial charge in [0.15, 0.2) is 0 Å². The van der Waals surface area contributed by atoms with Gasteiger partial charge in [0.1, 0.15) is 0 Å². The summed E-state index contributed by atoms with van der Waals surface area (Å²) in [5.74, 6) is 5.62. The number of nitrogens with one attached hydrogen (secondary N) is 1. The Kier molecular flexibility index (Phi) is 3.58. The number of nitrogens with two attached hydrogens (primary N) is 1. The Morgan fingerprint density at radius 1 is 1.47 bits per heavy atom. The van der Waals surface area contributed by atoms with Crippen LogP contribution in [-0.4, -0.2) is 0 Å². The second-order valence-corrected chi connectivity index (χ2v) is 6.04. The van der Waals surface area contributed by atoms with Gasteiger partial charge in [0.2, 0.25) is 0 Å². The smallest absolute Gasteiger partial charge is 0.0897 e. The zero-order chi connectivity index (χ0) is 10.8. The van der Waals surface area contributed by atoms with E-state index < -0.39 is 0 Å². The number of rotatable bonds is 3. The maximum Gasteiger partial charge on any atom is 0.0897 e. The highest BCUT2D eigenvalue weighted by Crippen LogP contribution is 2.33. The molecule has 1 atom stereocenters. The van der Waals surface area contributed by atoms with Crippen LogP contribution < -0.4 is 11.3 Å². The molecule has 0 aliphatic carbocycles. The van der Waals surface area contributed by atoms with Crippen LogP contribution in [0.5, 0.6) is 0 Å². The molecular formula is C10H11BrN2S2. The van der Waals surface area contributed by atoms with E-state index in [2.05, 4.69) is 51.2 Å². The first kappa shape index (κ1) is 11.3. The van der Waals surface area contributed by atoms with Gasteiger partial charge in [0.25, 0.3) is 0 Å². The standard InChI is InChI=1S/C10H11BrN2S2/c1-6-2-3-14-10(6)9(13-12)8-4-7(11)5-15-8/h2-5,9,13H,12H2,1H3. The highest BCUT2D eigenvalue weighted by Gasteiger charge is 2.17. The van der Waals surface area contributed by atoms with Crippen molar-refractivity contribution in [2.75, 3.05) is 0 Å². The quantitative estimate of drug-likeness (QED) is 0.673. The summed E-state index contributed by atoms with van der Waals surface area (Å²) in [6.45, 7) is 2.11. The summed E-state index contributed by atoms with van der Waals surface area (Å²) in [5, 5.41) is 4.17. The van der Waals surface area contributed by atoms with E-state index in [0.717, 1.165) is 4.47 Å². The first-order chi connectivity index (χ1) is 7.22. The molecule has 0 saturated carbocycles. The van der Waals surface area contributed by atoms with E-state index in [0.29, 0.717) is 0 Å². The van der Waals surface area contributed by atoms with Gasteiger partial charge < -0.3 is 0 Å². The zero-order valence-electron chi connectivity index (χ0n) is 8.16. The van der Waals surface area contributed by atoms with Crippen LogP contribution in [0.3, 0.4) is 0 Å². The number of hydrogen-bond donors (Lipinski definition) is 2. The fourth-order valence-corrected chi connectivity index (χ4v) is 4.04. The molecule has 0 spiro atoms. The predicted octanol–water partition coefficient (Wildman–Crippen LogP) is 3.43. The summed E-state index contributed by atoms with van der Waals surface area (Å²) in [6.07, 6.45) is 0. The van der Waals surface area contributed by atoms with Crippen molar-refractivity contribution in [3.8, 4) is 0 Å². The molecular weight excluding hydrogens is 292 g/mol. The fourth-order valence-electron chi connectivity index (χ4n) is 1.45. The van der Waals surface area contributed by atoms with Crippen molar-refractivity contribution in [3.63, 3.8) is 0 Å². The van der Waals surface area contributed by atoms with Crippen LogP contribution in [0.2, 0.25) is 0 Å². The first-order valence-corrected chi connectivity index (χ1v) is 7.01. The molecule has 0 aromatic carbocycles. The third-order valence-electron chi connectivity index (χ3n) is 2.20. The Morgan fingerprint density at radius 2 is 2.27 bits per heavy atom. The zero-order valence-corrected chi connectivity index (χ0v) is 11.4. The van der Waals surface area contributed by atoms with Crippen LogP contribution in [0.1, 0.15) is 21.4 Å². The van der Waals surface area contributed by atoms with Crippen molar-refractivity contribution in [3.05, 3.63) is 42.7 Å². The molecule has 0 aliphatic heterocycles. The lowest BCUT2D eigenvalue weighted by Gasteiger charge is -2.13. The summed E-state index contributed by atoms with van der Waals surface area (Å²) in [5.41, 5.74) is 4.16. The van der Waals surface area contributed by atoms with Crippen LogP contribution in [0.4, 0.5) is 0 Å². The van der Waals surface area contributed by atoms with E-state index in [-0.39, 0.29) is 6.04 Å². The van der Waals surface area contributed by atoms with E-state index in [4.69, 9.17) is 5.84 Å². The second-order valence-electron chi connectivity index (χ2n) is 3.23. The van der Waals surface area contributed by atoms with E-state index >= 15 is 0 Å². The average Bonchev–Trinajstić information content (AvgIpc) is 2.79. The van der Waals surface area contributed by atoms with Crippen LogP contribution in [0.25, 0.3) is 0 Å². The molecule has 5 heteroatoms. The Morgan fingerprint density at radius 3 is 2.73 bits per heavy atom. The minimum Gasteiger partial charge on any atom is -0.271 e. The van der Waals surface area contributed by atoms with Crippen LogP contribution >= 0.6 is 38.6 Å². The summed E-state index contributed by atoms with van der Waals surface area (Å²) >= 11 is 6.90. The Balaban J connectivity index is 2.36. The largest absolute Gasteiger partial charge is 0.271 e. The van der Waals surface area contributed by atoms with Crippen LogP contribution in [-0.2, 0) is 0 Å². The molecule has 0 bridgehead atoms. The molecule has 1 unspecified atom stereocenters. The monoisotopic (exact) mass is 302 g/mol. The van der Waals surface area contributed by atoms with Crippen LogP contribution in [0.15, 0.2) is 27.4 Å². The molecule has 0 fully saturated rings. The lowest BCUT2D eigenvalue weighted by Crippen LogP contribution is -2.27. The summed E-state index contributed by atoms with van der Waals surface area (Å²) < 4.78 is 1.11. The molecule has 2 rings (SSSR count). The molecule has 2 heterocycles. The van der Waals surface area contributed by atoms with Gasteiger partial charge in [-0.05, 0) is 45.9 Å². The third kappa shape index (κ3) is 2.32. The lowest BCUT2D eigenvalue weighted by molar-refractivity contribution is 0.653. The molecule has 0 saturated heterocycles. The fraction of sp³-hybridized carbons (Fsp3) is 0.200. The molecule has 2 aromatic heterocycles. The third-order valence-corrected chi connectivity index (χ3v) is 5.04. The van der Waals surface area contributed by atoms with Gasteiger partial charge in [-0.1, -0.05) is 0 Å².